The van der Waals surface area contributed by atoms with Crippen molar-refractivity contribution in [3.05, 3.63) is 41.5 Å². The third kappa shape index (κ3) is 7.62. The molecule has 1 aromatic carbocycles. The summed E-state index contributed by atoms with van der Waals surface area (Å²) in [5, 5.41) is 9.28. The van der Waals surface area contributed by atoms with E-state index in [9.17, 15) is 0 Å². The molecule has 0 aliphatic carbocycles. The highest BCUT2D eigenvalue weighted by atomic mass is 28.4. The van der Waals surface area contributed by atoms with E-state index in [0.29, 0.717) is 13.2 Å². The normalized spacial score (nSPS) is 14.4. The summed E-state index contributed by atoms with van der Waals surface area (Å²) in [6.45, 7) is 14.4. The number of hydrogen-bond acceptors (Lipinski definition) is 4. The van der Waals surface area contributed by atoms with Crippen molar-refractivity contribution < 1.29 is 19.0 Å². The number of benzene rings is 1. The smallest absolute Gasteiger partial charge is 0.192 e. The molecular weight excluding hydrogens is 344 g/mol. The lowest BCUT2D eigenvalue weighted by molar-refractivity contribution is 0.0346. The van der Waals surface area contributed by atoms with Crippen LogP contribution in [0.15, 0.2) is 35.9 Å². The van der Waals surface area contributed by atoms with Crippen LogP contribution in [-0.2, 0) is 15.8 Å². The van der Waals surface area contributed by atoms with Gasteiger partial charge in [-0.2, -0.15) is 0 Å². The minimum Gasteiger partial charge on any atom is -0.497 e. The molecule has 0 aromatic heterocycles. The number of methoxy groups -OCH3 is 1. The monoisotopic (exact) mass is 380 g/mol. The van der Waals surface area contributed by atoms with E-state index in [4.69, 9.17) is 19.0 Å². The molecule has 0 unspecified atom stereocenters. The van der Waals surface area contributed by atoms with Gasteiger partial charge in [0.25, 0.3) is 0 Å². The molecule has 1 atom stereocenters. The molecule has 148 valence electrons. The predicted octanol–water partition coefficient (Wildman–Crippen LogP) is 4.93. The van der Waals surface area contributed by atoms with Crippen LogP contribution < -0.4 is 4.74 Å². The highest BCUT2D eigenvalue weighted by Gasteiger charge is 2.39. The molecule has 1 N–H and O–H groups in total. The molecule has 0 fully saturated rings. The second kappa shape index (κ2) is 10.3. The Bertz CT molecular complexity index is 558. The standard InChI is InChI=1S/C21H36O4Si/c1-17(12-13-22)14-20(25-26(6,7)21(2,3)4)16-24-15-18-8-10-19(23-5)11-9-18/h8-12,20,22H,13-16H2,1-7H3/b17-12+/t20-/m1/s1. The van der Waals surface area contributed by atoms with Gasteiger partial charge < -0.3 is 19.0 Å². The Hall–Kier alpha value is -1.14. The molecule has 5 heteroatoms. The quantitative estimate of drug-likeness (QED) is 0.462. The van der Waals surface area contributed by atoms with E-state index >= 15 is 0 Å². The van der Waals surface area contributed by atoms with Crippen molar-refractivity contribution in [3.8, 4) is 5.75 Å². The Morgan fingerprint density at radius 1 is 1.19 bits per heavy atom. The molecule has 0 radical (unpaired) electrons. The zero-order valence-electron chi connectivity index (χ0n) is 17.5. The fourth-order valence-corrected chi connectivity index (χ4v) is 3.69. The van der Waals surface area contributed by atoms with Crippen molar-refractivity contribution in [2.45, 2.75) is 65.0 Å². The molecule has 4 nitrogen and oxygen atoms in total. The largest absolute Gasteiger partial charge is 0.497 e. The van der Waals surface area contributed by atoms with Gasteiger partial charge in [-0.05, 0) is 49.2 Å². The first-order valence-electron chi connectivity index (χ1n) is 9.24. The van der Waals surface area contributed by atoms with Crippen LogP contribution in [0, 0.1) is 0 Å². The summed E-state index contributed by atoms with van der Waals surface area (Å²) in [5.74, 6) is 0.845. The molecule has 26 heavy (non-hydrogen) atoms. The first kappa shape index (κ1) is 22.9. The van der Waals surface area contributed by atoms with Crippen molar-refractivity contribution in [2.75, 3.05) is 20.3 Å². The molecule has 0 aliphatic heterocycles. The average Bonchev–Trinajstić information content (AvgIpc) is 2.54. The molecule has 1 rings (SSSR count). The summed E-state index contributed by atoms with van der Waals surface area (Å²) in [7, 11) is -0.222. The molecule has 0 saturated carbocycles. The van der Waals surface area contributed by atoms with Gasteiger partial charge in [0.15, 0.2) is 8.32 Å². The van der Waals surface area contributed by atoms with E-state index in [1.54, 1.807) is 7.11 Å². The Morgan fingerprint density at radius 3 is 2.31 bits per heavy atom. The third-order valence-electron chi connectivity index (χ3n) is 4.99. The van der Waals surface area contributed by atoms with Gasteiger partial charge in [-0.25, -0.2) is 0 Å². The van der Waals surface area contributed by atoms with Crippen molar-refractivity contribution in [1.82, 2.24) is 0 Å². The maximum Gasteiger partial charge on any atom is 0.192 e. The van der Waals surface area contributed by atoms with Crippen LogP contribution in [0.5, 0.6) is 5.75 Å². The lowest BCUT2D eigenvalue weighted by atomic mass is 10.1. The van der Waals surface area contributed by atoms with Gasteiger partial charge >= 0.3 is 0 Å². The number of ether oxygens (including phenoxy) is 2. The van der Waals surface area contributed by atoms with Crippen molar-refractivity contribution in [2.24, 2.45) is 0 Å². The molecule has 0 saturated heterocycles. The molecular formula is C21H36O4Si. The Kier molecular flexibility index (Phi) is 9.03. The fourth-order valence-electron chi connectivity index (χ4n) is 2.36. The number of aliphatic hydroxyl groups is 1. The first-order valence-corrected chi connectivity index (χ1v) is 12.1. The van der Waals surface area contributed by atoms with Gasteiger partial charge in [0.05, 0.1) is 33.0 Å². The van der Waals surface area contributed by atoms with Gasteiger partial charge in [-0.15, -0.1) is 0 Å². The second-order valence-corrected chi connectivity index (χ2v) is 13.1. The highest BCUT2D eigenvalue weighted by molar-refractivity contribution is 6.74. The van der Waals surface area contributed by atoms with Crippen LogP contribution in [0.1, 0.15) is 39.7 Å². The topological polar surface area (TPSA) is 47.9 Å². The van der Waals surface area contributed by atoms with E-state index in [1.807, 2.05) is 37.3 Å². The molecule has 0 amide bonds. The summed E-state index contributed by atoms with van der Waals surface area (Å²) in [4.78, 5) is 0. The van der Waals surface area contributed by atoms with Crippen LogP contribution in [0.4, 0.5) is 0 Å². The summed E-state index contributed by atoms with van der Waals surface area (Å²) in [5.41, 5.74) is 2.24. The Labute approximate surface area is 160 Å². The van der Waals surface area contributed by atoms with Crippen LogP contribution in [-0.4, -0.2) is 39.9 Å². The van der Waals surface area contributed by atoms with Crippen LogP contribution >= 0.6 is 0 Å². The SMILES string of the molecule is COc1ccc(COC[C@@H](C/C(C)=C/CO)O[Si](C)(C)C(C)(C)C)cc1. The van der Waals surface area contributed by atoms with Crippen LogP contribution in [0.2, 0.25) is 18.1 Å². The summed E-state index contributed by atoms with van der Waals surface area (Å²) >= 11 is 0. The molecule has 1 aromatic rings. The average molecular weight is 381 g/mol. The highest BCUT2D eigenvalue weighted by Crippen LogP contribution is 2.38. The van der Waals surface area contributed by atoms with E-state index in [0.717, 1.165) is 23.3 Å². The zero-order valence-corrected chi connectivity index (χ0v) is 18.5. The number of aliphatic hydroxyl groups excluding tert-OH is 1. The minimum absolute atomic E-state index is 0.00283. The van der Waals surface area contributed by atoms with Crippen LogP contribution in [0.25, 0.3) is 0 Å². The minimum atomic E-state index is -1.89. The van der Waals surface area contributed by atoms with Crippen molar-refractivity contribution in [1.29, 1.82) is 0 Å². The van der Waals surface area contributed by atoms with Gasteiger partial charge in [-0.3, -0.25) is 0 Å². The Morgan fingerprint density at radius 2 is 1.81 bits per heavy atom. The predicted molar refractivity (Wildman–Crippen MR) is 110 cm³/mol. The van der Waals surface area contributed by atoms with Gasteiger partial charge in [0.1, 0.15) is 5.75 Å². The van der Waals surface area contributed by atoms with Gasteiger partial charge in [0.2, 0.25) is 0 Å². The summed E-state index contributed by atoms with van der Waals surface area (Å²) in [6, 6.07) is 7.91. The van der Waals surface area contributed by atoms with E-state index in [1.165, 1.54) is 0 Å². The lowest BCUT2D eigenvalue weighted by Crippen LogP contribution is -2.45. The second-order valence-electron chi connectivity index (χ2n) is 8.30. The molecule has 0 bridgehead atoms. The summed E-state index contributed by atoms with van der Waals surface area (Å²) in [6.07, 6.45) is 2.61. The maximum atomic E-state index is 9.13. The maximum absolute atomic E-state index is 9.13. The zero-order chi connectivity index (χ0) is 19.8. The van der Waals surface area contributed by atoms with E-state index in [2.05, 4.69) is 33.9 Å². The van der Waals surface area contributed by atoms with Crippen molar-refractivity contribution in [3.63, 3.8) is 0 Å². The number of rotatable bonds is 10. The van der Waals surface area contributed by atoms with E-state index in [-0.39, 0.29) is 17.7 Å². The summed E-state index contributed by atoms with van der Waals surface area (Å²) < 4.78 is 17.7. The fraction of sp³-hybridized carbons (Fsp3) is 0.619. The Balaban J connectivity index is 2.70. The van der Waals surface area contributed by atoms with Crippen molar-refractivity contribution >= 4 is 8.32 Å². The molecule has 0 heterocycles. The number of hydrogen-bond donors (Lipinski definition) is 1. The first-order chi connectivity index (χ1) is 12.1. The van der Waals surface area contributed by atoms with Gasteiger partial charge in [0, 0.05) is 0 Å². The molecule has 0 spiro atoms. The van der Waals surface area contributed by atoms with Gasteiger partial charge in [-0.1, -0.05) is 44.6 Å². The van der Waals surface area contributed by atoms with Crippen LogP contribution in [0.3, 0.4) is 0 Å². The lowest BCUT2D eigenvalue weighted by Gasteiger charge is -2.39. The van der Waals surface area contributed by atoms with E-state index < -0.39 is 8.32 Å². The third-order valence-corrected chi connectivity index (χ3v) is 9.52. The molecule has 0 aliphatic rings.